The molecule has 0 bridgehead atoms. The molecule has 0 unspecified atom stereocenters. The Kier molecular flexibility index (Phi) is 3.38. The molecule has 10 heteroatoms. The lowest BCUT2D eigenvalue weighted by Crippen LogP contribution is -2.11. The summed E-state index contributed by atoms with van der Waals surface area (Å²) < 4.78 is 42.4. The summed E-state index contributed by atoms with van der Waals surface area (Å²) in [6.45, 7) is 0. The zero-order valence-electron chi connectivity index (χ0n) is 9.73. The number of alkyl halides is 3. The lowest BCUT2D eigenvalue weighted by Gasteiger charge is -2.08. The fourth-order valence-corrected chi connectivity index (χ4v) is 1.77. The molecule has 0 fully saturated rings. The quantitative estimate of drug-likeness (QED) is 0.483. The number of halogens is 4. The summed E-state index contributed by atoms with van der Waals surface area (Å²) in [5.74, 6) is -1.64. The topological polar surface area (TPSA) is 78.2 Å². The van der Waals surface area contributed by atoms with Crippen molar-refractivity contribution in [1.82, 2.24) is 9.97 Å². The predicted octanol–water partition coefficient (Wildman–Crippen LogP) is 3.22. The number of hydrogen-bond acceptors (Lipinski definition) is 5. The lowest BCUT2D eigenvalue weighted by atomic mass is 10.2. The maximum Gasteiger partial charge on any atom is 0.451 e. The standard InChI is InChI=1S/C10H5ClF3N3O3/c1-20-7-3-5-4(2-6(7)17(18)19)8(11)16-9(15-5)10(12,13)14/h2-3H,1H3. The van der Waals surface area contributed by atoms with Crippen molar-refractivity contribution in [2.45, 2.75) is 6.18 Å². The van der Waals surface area contributed by atoms with E-state index in [4.69, 9.17) is 16.3 Å². The SMILES string of the molecule is COc1cc2nc(C(F)(F)F)nc(Cl)c2cc1[N+](=O)[O-]. The monoisotopic (exact) mass is 307 g/mol. The minimum Gasteiger partial charge on any atom is -0.490 e. The van der Waals surface area contributed by atoms with Gasteiger partial charge in [0.1, 0.15) is 5.15 Å². The highest BCUT2D eigenvalue weighted by Gasteiger charge is 2.35. The summed E-state index contributed by atoms with van der Waals surface area (Å²) >= 11 is 5.63. The van der Waals surface area contributed by atoms with E-state index in [-0.39, 0.29) is 16.7 Å². The summed E-state index contributed by atoms with van der Waals surface area (Å²) in [6, 6.07) is 1.98. The Bertz CT molecular complexity index is 705. The number of rotatable bonds is 2. The molecule has 2 rings (SSSR count). The van der Waals surface area contributed by atoms with Crippen LogP contribution in [0.5, 0.6) is 5.75 Å². The van der Waals surface area contributed by atoms with Crippen LogP contribution in [0, 0.1) is 10.1 Å². The second-order valence-corrected chi connectivity index (χ2v) is 3.99. The van der Waals surface area contributed by atoms with E-state index < -0.39 is 27.8 Å². The van der Waals surface area contributed by atoms with Crippen LogP contribution in [0.3, 0.4) is 0 Å². The molecule has 0 aliphatic carbocycles. The van der Waals surface area contributed by atoms with Gasteiger partial charge in [0.25, 0.3) is 0 Å². The molecule has 0 aliphatic heterocycles. The fourth-order valence-electron chi connectivity index (χ4n) is 1.54. The van der Waals surface area contributed by atoms with Crippen LogP contribution in [0.1, 0.15) is 5.82 Å². The molecule has 0 saturated carbocycles. The van der Waals surface area contributed by atoms with E-state index in [0.717, 1.165) is 19.2 Å². The fraction of sp³-hybridized carbons (Fsp3) is 0.200. The number of nitro benzene ring substituents is 1. The van der Waals surface area contributed by atoms with Crippen molar-refractivity contribution in [3.63, 3.8) is 0 Å². The molecule has 20 heavy (non-hydrogen) atoms. The first-order valence-electron chi connectivity index (χ1n) is 5.01. The molecule has 1 aromatic carbocycles. The summed E-state index contributed by atoms with van der Waals surface area (Å²) in [7, 11) is 1.15. The molecular formula is C10H5ClF3N3O3. The molecular weight excluding hydrogens is 303 g/mol. The third-order valence-corrected chi connectivity index (χ3v) is 2.69. The van der Waals surface area contributed by atoms with Gasteiger partial charge in [0.15, 0.2) is 5.75 Å². The molecule has 0 atom stereocenters. The number of ether oxygens (including phenoxy) is 1. The second kappa shape index (κ2) is 4.75. The zero-order valence-corrected chi connectivity index (χ0v) is 10.5. The predicted molar refractivity (Wildman–Crippen MR) is 62.8 cm³/mol. The van der Waals surface area contributed by atoms with Gasteiger partial charge in [0.05, 0.1) is 17.5 Å². The first-order valence-corrected chi connectivity index (χ1v) is 5.38. The van der Waals surface area contributed by atoms with Gasteiger partial charge in [-0.3, -0.25) is 10.1 Å². The molecule has 6 nitrogen and oxygen atoms in total. The molecule has 0 aliphatic rings. The Hall–Kier alpha value is -2.16. The van der Waals surface area contributed by atoms with Gasteiger partial charge in [-0.25, -0.2) is 9.97 Å². The molecule has 0 amide bonds. The van der Waals surface area contributed by atoms with Crippen molar-refractivity contribution in [3.8, 4) is 5.75 Å². The van der Waals surface area contributed by atoms with Gasteiger partial charge in [-0.05, 0) is 0 Å². The number of fused-ring (bicyclic) bond motifs is 1. The number of methoxy groups -OCH3 is 1. The van der Waals surface area contributed by atoms with Gasteiger partial charge in [0, 0.05) is 17.5 Å². The van der Waals surface area contributed by atoms with E-state index in [1.807, 2.05) is 0 Å². The summed E-state index contributed by atoms with van der Waals surface area (Å²) in [5, 5.41) is 10.2. The van der Waals surface area contributed by atoms with Crippen LogP contribution in [-0.2, 0) is 6.18 Å². The number of benzene rings is 1. The molecule has 2 aromatic rings. The average Bonchev–Trinajstić information content (AvgIpc) is 2.35. The summed E-state index contributed by atoms with van der Waals surface area (Å²) in [5.41, 5.74) is -0.634. The van der Waals surface area contributed by atoms with Crippen molar-refractivity contribution < 1.29 is 22.8 Å². The zero-order chi connectivity index (χ0) is 15.1. The Morgan fingerprint density at radius 3 is 2.50 bits per heavy atom. The Morgan fingerprint density at radius 1 is 1.35 bits per heavy atom. The number of nitro groups is 1. The Labute approximate surface area is 114 Å². The van der Waals surface area contributed by atoms with E-state index in [2.05, 4.69) is 9.97 Å². The number of aromatic nitrogens is 2. The van der Waals surface area contributed by atoms with Crippen LogP contribution in [0.2, 0.25) is 5.15 Å². The maximum atomic E-state index is 12.6. The van der Waals surface area contributed by atoms with E-state index >= 15 is 0 Å². The summed E-state index contributed by atoms with van der Waals surface area (Å²) in [6.07, 6.45) is -4.77. The second-order valence-electron chi connectivity index (χ2n) is 3.63. The van der Waals surface area contributed by atoms with E-state index in [1.54, 1.807) is 0 Å². The minimum absolute atomic E-state index is 0.0628. The van der Waals surface area contributed by atoms with Gasteiger partial charge in [-0.1, -0.05) is 11.6 Å². The minimum atomic E-state index is -4.77. The van der Waals surface area contributed by atoms with E-state index in [1.165, 1.54) is 0 Å². The molecule has 0 N–H and O–H groups in total. The first-order chi connectivity index (χ1) is 9.24. The third kappa shape index (κ3) is 2.44. The molecule has 106 valence electrons. The van der Waals surface area contributed by atoms with Gasteiger partial charge in [-0.15, -0.1) is 0 Å². The highest BCUT2D eigenvalue weighted by molar-refractivity contribution is 6.34. The normalized spacial score (nSPS) is 11.7. The van der Waals surface area contributed by atoms with Crippen molar-refractivity contribution in [2.75, 3.05) is 7.11 Å². The van der Waals surface area contributed by atoms with Crippen LogP contribution in [0.15, 0.2) is 12.1 Å². The van der Waals surface area contributed by atoms with Gasteiger partial charge < -0.3 is 4.74 Å². The van der Waals surface area contributed by atoms with Crippen LogP contribution < -0.4 is 4.74 Å². The molecule has 0 radical (unpaired) electrons. The largest absolute Gasteiger partial charge is 0.490 e. The van der Waals surface area contributed by atoms with Gasteiger partial charge >= 0.3 is 11.9 Å². The molecule has 0 saturated heterocycles. The Balaban J connectivity index is 2.79. The summed E-state index contributed by atoms with van der Waals surface area (Å²) in [4.78, 5) is 16.5. The molecule has 0 spiro atoms. The van der Waals surface area contributed by atoms with Crippen molar-refractivity contribution in [3.05, 3.63) is 33.2 Å². The van der Waals surface area contributed by atoms with Crippen LogP contribution in [0.4, 0.5) is 18.9 Å². The van der Waals surface area contributed by atoms with Crippen molar-refractivity contribution in [2.24, 2.45) is 0 Å². The van der Waals surface area contributed by atoms with Crippen LogP contribution in [0.25, 0.3) is 10.9 Å². The molecule has 1 aromatic heterocycles. The first kappa shape index (κ1) is 14.3. The van der Waals surface area contributed by atoms with Crippen LogP contribution >= 0.6 is 11.6 Å². The highest BCUT2D eigenvalue weighted by Crippen LogP contribution is 2.36. The third-order valence-electron chi connectivity index (χ3n) is 2.40. The van der Waals surface area contributed by atoms with Gasteiger partial charge in [0.2, 0.25) is 5.82 Å². The van der Waals surface area contributed by atoms with Crippen molar-refractivity contribution in [1.29, 1.82) is 0 Å². The maximum absolute atomic E-state index is 12.6. The smallest absolute Gasteiger partial charge is 0.451 e. The lowest BCUT2D eigenvalue weighted by molar-refractivity contribution is -0.385. The molecule has 1 heterocycles. The number of nitrogens with zero attached hydrogens (tertiary/aromatic N) is 3. The average molecular weight is 308 g/mol. The van der Waals surface area contributed by atoms with E-state index in [0.29, 0.717) is 0 Å². The highest BCUT2D eigenvalue weighted by atomic mass is 35.5. The number of hydrogen-bond donors (Lipinski definition) is 0. The van der Waals surface area contributed by atoms with Crippen molar-refractivity contribution >= 4 is 28.2 Å². The van der Waals surface area contributed by atoms with Gasteiger partial charge in [-0.2, -0.15) is 13.2 Å². The van der Waals surface area contributed by atoms with Crippen LogP contribution in [-0.4, -0.2) is 22.0 Å². The Morgan fingerprint density at radius 2 is 2.00 bits per heavy atom. The van der Waals surface area contributed by atoms with E-state index in [9.17, 15) is 23.3 Å².